The molecule has 0 aliphatic heterocycles. The molecule has 0 spiro atoms. The Bertz CT molecular complexity index is 1240. The number of aromatic nitrogens is 1. The molecule has 8 nitrogen and oxygen atoms in total. The van der Waals surface area contributed by atoms with Gasteiger partial charge in [0.15, 0.2) is 0 Å². The Morgan fingerprint density at radius 3 is 2.46 bits per heavy atom. The van der Waals surface area contributed by atoms with Crippen LogP contribution in [0.15, 0.2) is 62.4 Å². The largest absolute Gasteiger partial charge is 1.00 e. The number of hydrogen-bond donors (Lipinski definition) is 1. The number of hydrogen-bond acceptors (Lipinski definition) is 6. The van der Waals surface area contributed by atoms with E-state index in [1.54, 1.807) is 44.2 Å². The van der Waals surface area contributed by atoms with Crippen molar-refractivity contribution in [1.82, 2.24) is 4.57 Å². The second kappa shape index (κ2) is 8.54. The first-order valence-electron chi connectivity index (χ1n) is 8.06. The van der Waals surface area contributed by atoms with E-state index in [1.807, 2.05) is 0 Å². The van der Waals surface area contributed by atoms with Gasteiger partial charge in [-0.05, 0) is 36.7 Å². The molecule has 0 aliphatic rings. The zero-order valence-corrected chi connectivity index (χ0v) is 18.4. The third-order valence-electron chi connectivity index (χ3n) is 4.12. The van der Waals surface area contributed by atoms with E-state index in [2.05, 4.69) is 10.2 Å². The van der Waals surface area contributed by atoms with Crippen LogP contribution in [0, 0.1) is 6.92 Å². The molecule has 0 amide bonds. The Kier molecular flexibility index (Phi) is 6.79. The molecule has 0 radical (unpaired) electrons. The zero-order valence-electron chi connectivity index (χ0n) is 15.6. The summed E-state index contributed by atoms with van der Waals surface area (Å²) in [6.07, 6.45) is 0. The molecular formula is C18H16N3NaO5S. The Hall–Kier alpha value is -2.04. The third kappa shape index (κ3) is 4.18. The molecule has 0 fully saturated rings. The van der Waals surface area contributed by atoms with Crippen molar-refractivity contribution in [3.63, 3.8) is 0 Å². The van der Waals surface area contributed by atoms with Gasteiger partial charge in [0.25, 0.3) is 10.1 Å². The summed E-state index contributed by atoms with van der Waals surface area (Å²) in [6, 6.07) is 10.9. The van der Waals surface area contributed by atoms with Crippen molar-refractivity contribution in [3.05, 3.63) is 58.4 Å². The van der Waals surface area contributed by atoms with Crippen molar-refractivity contribution in [2.24, 2.45) is 10.2 Å². The van der Waals surface area contributed by atoms with Crippen LogP contribution in [0.5, 0.6) is 5.88 Å². The molecule has 28 heavy (non-hydrogen) atoms. The summed E-state index contributed by atoms with van der Waals surface area (Å²) in [4.78, 5) is 11.4. The normalized spacial score (nSPS) is 11.7. The second-order valence-electron chi connectivity index (χ2n) is 5.87. The molecule has 1 N–H and O–H groups in total. The van der Waals surface area contributed by atoms with Gasteiger partial charge in [0.05, 0.1) is 5.69 Å². The summed E-state index contributed by atoms with van der Waals surface area (Å²) in [5.41, 5.74) is -0.286. The van der Waals surface area contributed by atoms with Crippen LogP contribution in [0.25, 0.3) is 10.8 Å². The standard InChI is InChI=1S/C18H17N3O5S.Na/c1-3-21-15(22)10-11(2)16(18(21)23)20-19-14-9-8-12-6-4-5-7-13(12)17(14)27(24,25)26;/h4-10,23H,3H2,1-2H3,(H,24,25,26);/q;+1/p-1. The molecule has 0 bridgehead atoms. The minimum atomic E-state index is -4.59. The van der Waals surface area contributed by atoms with Crippen LogP contribution in [-0.2, 0) is 16.7 Å². The summed E-state index contributed by atoms with van der Waals surface area (Å²) in [5, 5.41) is 21.1. The minimum Gasteiger partial charge on any atom is -0.858 e. The number of pyridine rings is 1. The molecule has 140 valence electrons. The number of rotatable bonds is 4. The van der Waals surface area contributed by atoms with Gasteiger partial charge >= 0.3 is 29.6 Å². The van der Waals surface area contributed by atoms with Crippen molar-refractivity contribution in [2.75, 3.05) is 0 Å². The van der Waals surface area contributed by atoms with Gasteiger partial charge in [0, 0.05) is 18.0 Å². The van der Waals surface area contributed by atoms with Gasteiger partial charge in [-0.1, -0.05) is 30.3 Å². The molecule has 0 aliphatic carbocycles. The maximum atomic E-state index is 12.4. The first kappa shape index (κ1) is 22.3. The van der Waals surface area contributed by atoms with E-state index in [-0.39, 0.29) is 52.9 Å². The van der Waals surface area contributed by atoms with Gasteiger partial charge in [-0.15, -0.1) is 10.2 Å². The van der Waals surface area contributed by atoms with Crippen LogP contribution >= 0.6 is 0 Å². The average molecular weight is 409 g/mol. The number of azo groups is 1. The fourth-order valence-corrected chi connectivity index (χ4v) is 3.67. The van der Waals surface area contributed by atoms with Crippen molar-refractivity contribution in [1.29, 1.82) is 0 Å². The van der Waals surface area contributed by atoms with Gasteiger partial charge in [-0.3, -0.25) is 9.35 Å². The van der Waals surface area contributed by atoms with Crippen molar-refractivity contribution >= 4 is 32.3 Å². The summed E-state index contributed by atoms with van der Waals surface area (Å²) in [5.74, 6) is -0.611. The summed E-state index contributed by atoms with van der Waals surface area (Å²) in [7, 11) is -4.59. The number of aryl methyl sites for hydroxylation is 1. The van der Waals surface area contributed by atoms with Crippen LogP contribution in [0.4, 0.5) is 11.4 Å². The fraction of sp³-hybridized carbons (Fsp3) is 0.167. The van der Waals surface area contributed by atoms with Gasteiger partial charge in [0.2, 0.25) is 5.56 Å². The SMILES string of the molecule is CCn1c([O-])c(N=Nc2ccc3ccccc3c2S(=O)(=O)O)c(C)cc1=O.[Na+]. The van der Waals surface area contributed by atoms with Crippen LogP contribution < -0.4 is 40.2 Å². The summed E-state index contributed by atoms with van der Waals surface area (Å²) < 4.78 is 34.5. The quantitative estimate of drug-likeness (QED) is 0.371. The van der Waals surface area contributed by atoms with Gasteiger partial charge in [-0.25, -0.2) is 0 Å². The van der Waals surface area contributed by atoms with Crippen LogP contribution in [0.2, 0.25) is 0 Å². The molecule has 0 saturated heterocycles. The molecule has 10 heteroatoms. The summed E-state index contributed by atoms with van der Waals surface area (Å²) >= 11 is 0. The van der Waals surface area contributed by atoms with Crippen LogP contribution in [-0.4, -0.2) is 17.5 Å². The van der Waals surface area contributed by atoms with Crippen molar-refractivity contribution in [2.45, 2.75) is 25.3 Å². The molecule has 0 atom stereocenters. The summed E-state index contributed by atoms with van der Waals surface area (Å²) in [6.45, 7) is 3.37. The van der Waals surface area contributed by atoms with Crippen molar-refractivity contribution in [3.8, 4) is 5.88 Å². The Labute approximate surface area is 183 Å². The Balaban J connectivity index is 0.00000280. The minimum absolute atomic E-state index is 0. The monoisotopic (exact) mass is 409 g/mol. The second-order valence-corrected chi connectivity index (χ2v) is 7.23. The van der Waals surface area contributed by atoms with E-state index in [9.17, 15) is 22.9 Å². The topological polar surface area (TPSA) is 124 Å². The van der Waals surface area contributed by atoms with E-state index < -0.39 is 26.5 Å². The van der Waals surface area contributed by atoms with E-state index in [4.69, 9.17) is 0 Å². The molecule has 2 aromatic carbocycles. The van der Waals surface area contributed by atoms with E-state index in [0.717, 1.165) is 4.57 Å². The molecular weight excluding hydrogens is 393 g/mol. The molecule has 0 saturated carbocycles. The zero-order chi connectivity index (χ0) is 19.8. The molecule has 3 rings (SSSR count). The molecule has 0 unspecified atom stereocenters. The first-order chi connectivity index (χ1) is 12.7. The first-order valence-corrected chi connectivity index (χ1v) is 9.50. The number of nitrogens with zero attached hydrogens (tertiary/aromatic N) is 3. The van der Waals surface area contributed by atoms with Crippen LogP contribution in [0.1, 0.15) is 12.5 Å². The molecule has 3 aromatic rings. The van der Waals surface area contributed by atoms with Gasteiger partial charge < -0.3 is 9.67 Å². The van der Waals surface area contributed by atoms with E-state index in [1.165, 1.54) is 12.1 Å². The van der Waals surface area contributed by atoms with Crippen LogP contribution in [0.3, 0.4) is 0 Å². The van der Waals surface area contributed by atoms with E-state index >= 15 is 0 Å². The average Bonchev–Trinajstić information content (AvgIpc) is 2.60. The number of benzene rings is 2. The van der Waals surface area contributed by atoms with Gasteiger partial charge in [0.1, 0.15) is 10.6 Å². The maximum Gasteiger partial charge on any atom is 1.00 e. The molecule has 1 heterocycles. The third-order valence-corrected chi connectivity index (χ3v) is 5.06. The predicted octanol–water partition coefficient (Wildman–Crippen LogP) is 0.0695. The Morgan fingerprint density at radius 1 is 1.14 bits per heavy atom. The Morgan fingerprint density at radius 2 is 1.82 bits per heavy atom. The van der Waals surface area contributed by atoms with E-state index in [0.29, 0.717) is 10.9 Å². The smallest absolute Gasteiger partial charge is 0.858 e. The fourth-order valence-electron chi connectivity index (χ4n) is 2.83. The van der Waals surface area contributed by atoms with Crippen molar-refractivity contribution < 1.29 is 47.6 Å². The predicted molar refractivity (Wildman–Crippen MR) is 98.5 cm³/mol. The molecule has 1 aromatic heterocycles. The van der Waals surface area contributed by atoms with Gasteiger partial charge in [-0.2, -0.15) is 8.42 Å². The number of fused-ring (bicyclic) bond motifs is 1. The maximum absolute atomic E-state index is 12.4.